The van der Waals surface area contributed by atoms with E-state index in [9.17, 15) is 9.18 Å². The van der Waals surface area contributed by atoms with Crippen molar-refractivity contribution in [1.29, 1.82) is 0 Å². The number of halogens is 1. The molecule has 0 aliphatic heterocycles. The predicted molar refractivity (Wildman–Crippen MR) is 33.6 cm³/mol. The molecule has 0 aromatic rings. The van der Waals surface area contributed by atoms with Gasteiger partial charge in [-0.2, -0.15) is 0 Å². The van der Waals surface area contributed by atoms with Gasteiger partial charge in [-0.3, -0.25) is 4.79 Å². The molecule has 0 fully saturated rings. The van der Waals surface area contributed by atoms with E-state index in [1.807, 2.05) is 0 Å². The molecule has 10 heavy (non-hydrogen) atoms. The molecule has 0 spiro atoms. The molecule has 0 radical (unpaired) electrons. The summed E-state index contributed by atoms with van der Waals surface area (Å²) in [5, 5.41) is 8.10. The maximum absolute atomic E-state index is 12.0. The molecular weight excluding hydrogens is 139 g/mol. The Balaban J connectivity index is 2.98. The first kappa shape index (κ1) is 9.36. The van der Waals surface area contributed by atoms with Crippen LogP contribution in [0, 0.1) is 0 Å². The summed E-state index contributed by atoms with van der Waals surface area (Å²) in [6.07, 6.45) is -1.08. The SMILES string of the molecule is CC(F)COCCC(=O)O. The van der Waals surface area contributed by atoms with Gasteiger partial charge in [0, 0.05) is 0 Å². The van der Waals surface area contributed by atoms with Gasteiger partial charge in [0.2, 0.25) is 0 Å². The minimum Gasteiger partial charge on any atom is -0.481 e. The molecule has 60 valence electrons. The highest BCUT2D eigenvalue weighted by atomic mass is 19.1. The van der Waals surface area contributed by atoms with Gasteiger partial charge < -0.3 is 9.84 Å². The lowest BCUT2D eigenvalue weighted by atomic mass is 10.4. The van der Waals surface area contributed by atoms with Crippen molar-refractivity contribution in [1.82, 2.24) is 0 Å². The number of aliphatic carboxylic acids is 1. The standard InChI is InChI=1S/C6H11FO3/c1-5(7)4-10-3-2-6(8)9/h5H,2-4H2,1H3,(H,8,9). The maximum atomic E-state index is 12.0. The van der Waals surface area contributed by atoms with E-state index >= 15 is 0 Å². The van der Waals surface area contributed by atoms with Crippen LogP contribution in [0.2, 0.25) is 0 Å². The van der Waals surface area contributed by atoms with Gasteiger partial charge in [-0.15, -0.1) is 0 Å². The van der Waals surface area contributed by atoms with Crippen LogP contribution in [0.5, 0.6) is 0 Å². The molecule has 0 saturated heterocycles. The number of alkyl halides is 1. The second-order valence-corrected chi connectivity index (χ2v) is 2.00. The minimum absolute atomic E-state index is 0.0206. The largest absolute Gasteiger partial charge is 0.481 e. The number of carboxylic acid groups (broad SMARTS) is 1. The Morgan fingerprint density at radius 3 is 2.80 bits per heavy atom. The Hall–Kier alpha value is -0.640. The van der Waals surface area contributed by atoms with Crippen LogP contribution in [-0.4, -0.2) is 30.5 Å². The van der Waals surface area contributed by atoms with E-state index in [0.717, 1.165) is 0 Å². The van der Waals surface area contributed by atoms with Gasteiger partial charge in [0.1, 0.15) is 6.17 Å². The number of ether oxygens (including phenoxy) is 1. The van der Waals surface area contributed by atoms with Gasteiger partial charge in [-0.05, 0) is 6.92 Å². The van der Waals surface area contributed by atoms with Crippen LogP contribution < -0.4 is 0 Å². The molecule has 0 bridgehead atoms. The minimum atomic E-state index is -1.02. The van der Waals surface area contributed by atoms with Gasteiger partial charge >= 0.3 is 5.97 Å². The molecule has 3 nitrogen and oxygen atoms in total. The average Bonchev–Trinajstić information content (AvgIpc) is 1.79. The molecule has 0 aromatic heterocycles. The summed E-state index contributed by atoms with van der Waals surface area (Å²) >= 11 is 0. The van der Waals surface area contributed by atoms with Crippen molar-refractivity contribution in [2.75, 3.05) is 13.2 Å². The van der Waals surface area contributed by atoms with E-state index in [1.165, 1.54) is 6.92 Å². The van der Waals surface area contributed by atoms with Crippen LogP contribution in [0.3, 0.4) is 0 Å². The van der Waals surface area contributed by atoms with Crippen molar-refractivity contribution < 1.29 is 19.0 Å². The topological polar surface area (TPSA) is 46.5 Å². The second kappa shape index (κ2) is 5.17. The fourth-order valence-corrected chi connectivity index (χ4v) is 0.405. The molecule has 0 amide bonds. The summed E-state index contributed by atoms with van der Waals surface area (Å²) in [6, 6.07) is 0. The monoisotopic (exact) mass is 150 g/mol. The zero-order valence-corrected chi connectivity index (χ0v) is 5.84. The zero-order valence-electron chi connectivity index (χ0n) is 5.84. The Bertz CT molecular complexity index is 103. The van der Waals surface area contributed by atoms with E-state index in [4.69, 9.17) is 5.11 Å². The van der Waals surface area contributed by atoms with Gasteiger partial charge in [-0.1, -0.05) is 0 Å². The summed E-state index contributed by atoms with van der Waals surface area (Å²) in [5.41, 5.74) is 0. The summed E-state index contributed by atoms with van der Waals surface area (Å²) in [4.78, 5) is 9.87. The third kappa shape index (κ3) is 7.36. The smallest absolute Gasteiger partial charge is 0.305 e. The number of carbonyl (C=O) groups is 1. The lowest BCUT2D eigenvalue weighted by Gasteiger charge is -2.01. The molecule has 0 aliphatic rings. The molecular formula is C6H11FO3. The van der Waals surface area contributed by atoms with Crippen LogP contribution in [0.1, 0.15) is 13.3 Å². The van der Waals surface area contributed by atoms with Gasteiger partial charge in [-0.25, -0.2) is 4.39 Å². The van der Waals surface area contributed by atoms with Crippen LogP contribution in [-0.2, 0) is 9.53 Å². The quantitative estimate of drug-likeness (QED) is 0.590. The Kier molecular flexibility index (Phi) is 4.84. The van der Waals surface area contributed by atoms with Gasteiger partial charge in [0.15, 0.2) is 0 Å². The summed E-state index contributed by atoms with van der Waals surface area (Å²) in [6.45, 7) is 1.43. The molecule has 1 atom stereocenters. The maximum Gasteiger partial charge on any atom is 0.305 e. The predicted octanol–water partition coefficient (Wildman–Crippen LogP) is 0.836. The molecule has 0 aromatic carbocycles. The van der Waals surface area contributed by atoms with Gasteiger partial charge in [0.05, 0.1) is 19.6 Å². The van der Waals surface area contributed by atoms with Gasteiger partial charge in [0.25, 0.3) is 0 Å². The number of hydrogen-bond donors (Lipinski definition) is 1. The molecule has 4 heteroatoms. The normalized spacial score (nSPS) is 13.0. The highest BCUT2D eigenvalue weighted by Crippen LogP contribution is 1.90. The first-order chi connectivity index (χ1) is 4.63. The second-order valence-electron chi connectivity index (χ2n) is 2.00. The number of carboxylic acids is 1. The molecule has 1 N–H and O–H groups in total. The van der Waals surface area contributed by atoms with E-state index < -0.39 is 12.1 Å². The fourth-order valence-electron chi connectivity index (χ4n) is 0.405. The average molecular weight is 150 g/mol. The zero-order chi connectivity index (χ0) is 7.98. The van der Waals surface area contributed by atoms with Crippen molar-refractivity contribution in [3.63, 3.8) is 0 Å². The summed E-state index contributed by atoms with van der Waals surface area (Å²) < 4.78 is 16.6. The number of rotatable bonds is 5. The van der Waals surface area contributed by atoms with E-state index in [2.05, 4.69) is 4.74 Å². The Morgan fingerprint density at radius 2 is 2.40 bits per heavy atom. The van der Waals surface area contributed by atoms with Crippen molar-refractivity contribution in [2.24, 2.45) is 0 Å². The van der Waals surface area contributed by atoms with Crippen molar-refractivity contribution >= 4 is 5.97 Å². The highest BCUT2D eigenvalue weighted by Gasteiger charge is 1.99. The Labute approximate surface area is 58.8 Å². The van der Waals surface area contributed by atoms with Crippen molar-refractivity contribution in [3.05, 3.63) is 0 Å². The first-order valence-corrected chi connectivity index (χ1v) is 3.06. The third-order valence-corrected chi connectivity index (χ3v) is 0.808. The van der Waals surface area contributed by atoms with E-state index in [1.54, 1.807) is 0 Å². The van der Waals surface area contributed by atoms with E-state index in [-0.39, 0.29) is 19.6 Å². The van der Waals surface area contributed by atoms with Crippen LogP contribution in [0.25, 0.3) is 0 Å². The van der Waals surface area contributed by atoms with Crippen molar-refractivity contribution in [2.45, 2.75) is 19.5 Å². The van der Waals surface area contributed by atoms with Crippen molar-refractivity contribution in [3.8, 4) is 0 Å². The highest BCUT2D eigenvalue weighted by molar-refractivity contribution is 5.66. The summed E-state index contributed by atoms with van der Waals surface area (Å²) in [7, 11) is 0. The van der Waals surface area contributed by atoms with Crippen LogP contribution >= 0.6 is 0 Å². The molecule has 0 saturated carbocycles. The fraction of sp³-hybridized carbons (Fsp3) is 0.833. The van der Waals surface area contributed by atoms with Crippen LogP contribution in [0.15, 0.2) is 0 Å². The summed E-state index contributed by atoms with van der Waals surface area (Å²) in [5.74, 6) is -0.925. The molecule has 0 heterocycles. The Morgan fingerprint density at radius 1 is 1.80 bits per heavy atom. The number of hydrogen-bond acceptors (Lipinski definition) is 2. The van der Waals surface area contributed by atoms with Crippen LogP contribution in [0.4, 0.5) is 4.39 Å². The van der Waals surface area contributed by atoms with E-state index in [0.29, 0.717) is 0 Å². The first-order valence-electron chi connectivity index (χ1n) is 3.06. The lowest BCUT2D eigenvalue weighted by molar-refractivity contribution is -0.138. The molecule has 0 rings (SSSR count). The third-order valence-electron chi connectivity index (χ3n) is 0.808. The lowest BCUT2D eigenvalue weighted by Crippen LogP contribution is -2.09. The molecule has 0 aliphatic carbocycles. The molecule has 1 unspecified atom stereocenters.